The van der Waals surface area contributed by atoms with Crippen LogP contribution in [0.25, 0.3) is 0 Å². The van der Waals surface area contributed by atoms with E-state index in [9.17, 15) is 5.11 Å². The highest BCUT2D eigenvalue weighted by Crippen LogP contribution is 2.65. The van der Waals surface area contributed by atoms with Gasteiger partial charge in [-0.2, -0.15) is 0 Å². The van der Waals surface area contributed by atoms with E-state index in [1.807, 2.05) is 0 Å². The molecule has 3 saturated carbocycles. The minimum absolute atomic E-state index is 0.0833. The van der Waals surface area contributed by atoms with Crippen molar-refractivity contribution >= 4 is 0 Å². The molecule has 2 heteroatoms. The highest BCUT2D eigenvalue weighted by Gasteiger charge is 2.59. The lowest BCUT2D eigenvalue weighted by Gasteiger charge is -2.58. The van der Waals surface area contributed by atoms with Crippen molar-refractivity contribution in [1.29, 1.82) is 0 Å². The molecule has 160 valence electrons. The molecule has 0 aromatic heterocycles. The summed E-state index contributed by atoms with van der Waals surface area (Å²) in [6.45, 7) is 11.2. The van der Waals surface area contributed by atoms with Gasteiger partial charge in [0.15, 0.2) is 0 Å². The third-order valence-electron chi connectivity index (χ3n) is 9.85. The smallest absolute Gasteiger partial charge is 0.0577 e. The van der Waals surface area contributed by atoms with Gasteiger partial charge in [0, 0.05) is 6.04 Å². The quantitative estimate of drug-likeness (QED) is 0.581. The van der Waals surface area contributed by atoms with Crippen molar-refractivity contribution in [3.05, 3.63) is 11.6 Å². The van der Waals surface area contributed by atoms with E-state index < -0.39 is 0 Å². The van der Waals surface area contributed by atoms with E-state index in [1.165, 1.54) is 57.9 Å². The van der Waals surface area contributed by atoms with Gasteiger partial charge in [-0.1, -0.05) is 39.3 Å². The molecule has 0 aliphatic heterocycles. The predicted octanol–water partition coefficient (Wildman–Crippen LogP) is 6.05. The van der Waals surface area contributed by atoms with Gasteiger partial charge in [0.25, 0.3) is 0 Å². The van der Waals surface area contributed by atoms with Crippen molar-refractivity contribution in [2.45, 2.75) is 104 Å². The molecule has 0 aromatic rings. The van der Waals surface area contributed by atoms with Gasteiger partial charge >= 0.3 is 0 Å². The molecule has 0 radical (unpaired) electrons. The van der Waals surface area contributed by atoms with Crippen LogP contribution in [-0.2, 0) is 0 Å². The maximum atomic E-state index is 10.2. The average Bonchev–Trinajstić information content (AvgIpc) is 2.99. The van der Waals surface area contributed by atoms with Crippen molar-refractivity contribution in [2.75, 3.05) is 13.6 Å². The summed E-state index contributed by atoms with van der Waals surface area (Å²) in [4.78, 5) is 2.74. The van der Waals surface area contributed by atoms with E-state index in [2.05, 4.69) is 45.7 Å². The fraction of sp³-hybridized carbons (Fsp3) is 0.923. The van der Waals surface area contributed by atoms with Crippen molar-refractivity contribution < 1.29 is 5.11 Å². The summed E-state index contributed by atoms with van der Waals surface area (Å²) in [5, 5.41) is 10.2. The molecular weight excluding hydrogens is 342 g/mol. The largest absolute Gasteiger partial charge is 0.393 e. The third-order valence-corrected chi connectivity index (χ3v) is 9.85. The summed E-state index contributed by atoms with van der Waals surface area (Å²) in [7, 11) is 2.41. The first-order valence-electron chi connectivity index (χ1n) is 12.3. The van der Waals surface area contributed by atoms with Crippen LogP contribution in [0.5, 0.6) is 0 Å². The first-order chi connectivity index (χ1) is 13.3. The minimum Gasteiger partial charge on any atom is -0.393 e. The molecule has 0 spiro atoms. The Kier molecular flexibility index (Phi) is 5.77. The summed E-state index contributed by atoms with van der Waals surface area (Å²) in [5.41, 5.74) is 2.51. The maximum absolute atomic E-state index is 10.2. The van der Waals surface area contributed by atoms with Crippen molar-refractivity contribution in [3.63, 3.8) is 0 Å². The monoisotopic (exact) mass is 387 g/mol. The van der Waals surface area contributed by atoms with Crippen molar-refractivity contribution in [2.24, 2.45) is 34.5 Å². The molecule has 0 amide bonds. The molecule has 0 bridgehead atoms. The number of nitrogens with zero attached hydrogens (tertiary/aromatic N) is 1. The molecular formula is C26H45NO. The molecule has 0 aromatic carbocycles. The molecule has 3 fully saturated rings. The normalized spacial score (nSPS) is 45.6. The van der Waals surface area contributed by atoms with Gasteiger partial charge in [0.2, 0.25) is 0 Å². The fourth-order valence-corrected chi connectivity index (χ4v) is 8.24. The van der Waals surface area contributed by atoms with E-state index in [-0.39, 0.29) is 6.10 Å². The first-order valence-corrected chi connectivity index (χ1v) is 12.3. The van der Waals surface area contributed by atoms with Crippen LogP contribution in [0.1, 0.15) is 91.9 Å². The molecule has 7 atom stereocenters. The molecule has 0 saturated heterocycles. The lowest BCUT2D eigenvalue weighted by molar-refractivity contribution is -0.0564. The molecule has 4 aliphatic carbocycles. The predicted molar refractivity (Wildman–Crippen MR) is 118 cm³/mol. The second-order valence-electron chi connectivity index (χ2n) is 11.8. The van der Waals surface area contributed by atoms with Gasteiger partial charge in [-0.15, -0.1) is 0 Å². The number of hydrogen-bond acceptors (Lipinski definition) is 2. The summed E-state index contributed by atoms with van der Waals surface area (Å²) in [6.07, 6.45) is 15.4. The summed E-state index contributed by atoms with van der Waals surface area (Å²) in [6, 6.07) is 0.789. The Morgan fingerprint density at radius 1 is 1.11 bits per heavy atom. The highest BCUT2D eigenvalue weighted by molar-refractivity contribution is 5.25. The Bertz CT molecular complexity index is 597. The number of aliphatic hydroxyl groups excluding tert-OH is 1. The topological polar surface area (TPSA) is 23.5 Å². The van der Waals surface area contributed by atoms with Gasteiger partial charge in [0.1, 0.15) is 0 Å². The number of rotatable bonds is 5. The number of allylic oxidation sites excluding steroid dienone is 1. The van der Waals surface area contributed by atoms with Crippen LogP contribution in [0.15, 0.2) is 11.6 Å². The van der Waals surface area contributed by atoms with E-state index in [4.69, 9.17) is 0 Å². The van der Waals surface area contributed by atoms with E-state index in [0.29, 0.717) is 10.8 Å². The zero-order valence-electron chi connectivity index (χ0n) is 19.2. The summed E-state index contributed by atoms with van der Waals surface area (Å²) < 4.78 is 0. The van der Waals surface area contributed by atoms with Crippen LogP contribution < -0.4 is 0 Å². The zero-order chi connectivity index (χ0) is 20.1. The van der Waals surface area contributed by atoms with Crippen molar-refractivity contribution in [1.82, 2.24) is 4.90 Å². The highest BCUT2D eigenvalue weighted by atomic mass is 16.3. The van der Waals surface area contributed by atoms with Crippen LogP contribution in [0.4, 0.5) is 0 Å². The first kappa shape index (κ1) is 20.9. The zero-order valence-corrected chi connectivity index (χ0v) is 19.2. The van der Waals surface area contributed by atoms with E-state index in [1.54, 1.807) is 5.57 Å². The Hall–Kier alpha value is -0.340. The standard InChI is InChI=1S/C26H45NO/c1-18(2)7-6-16-27(5)24-11-10-22-21-9-8-19-17-20(28)12-14-25(19,3)23(21)13-15-26(22,24)4/h8,18,20-24,28H,6-7,9-17H2,1-5H3/t20-,21?,22?,23?,24?,25?,26?/m1/s1. The number of hydrogen-bond donors (Lipinski definition) is 1. The van der Waals surface area contributed by atoms with Crippen LogP contribution in [0, 0.1) is 34.5 Å². The summed E-state index contributed by atoms with van der Waals surface area (Å²) in [5.74, 6) is 3.49. The lowest BCUT2D eigenvalue weighted by atomic mass is 9.48. The van der Waals surface area contributed by atoms with Crippen LogP contribution in [-0.4, -0.2) is 35.7 Å². The maximum Gasteiger partial charge on any atom is 0.0577 e. The van der Waals surface area contributed by atoms with Gasteiger partial charge in [-0.3, -0.25) is 0 Å². The lowest BCUT2D eigenvalue weighted by Crippen LogP contribution is -2.53. The summed E-state index contributed by atoms with van der Waals surface area (Å²) >= 11 is 0. The number of fused-ring (bicyclic) bond motifs is 5. The second kappa shape index (κ2) is 7.73. The van der Waals surface area contributed by atoms with Crippen LogP contribution in [0.3, 0.4) is 0 Å². The Morgan fingerprint density at radius 3 is 2.64 bits per heavy atom. The van der Waals surface area contributed by atoms with Crippen LogP contribution in [0.2, 0.25) is 0 Å². The average molecular weight is 388 g/mol. The SMILES string of the molecule is CC(C)CCCN(C)C1CCC2C3CC=C4C[C@H](O)CCC4(C)C3CCC21C. The van der Waals surface area contributed by atoms with Gasteiger partial charge in [-0.05, 0) is 112 Å². The Morgan fingerprint density at radius 2 is 1.89 bits per heavy atom. The number of aliphatic hydroxyl groups is 1. The molecule has 6 unspecified atom stereocenters. The molecule has 0 heterocycles. The second-order valence-corrected chi connectivity index (χ2v) is 11.8. The van der Waals surface area contributed by atoms with Crippen molar-refractivity contribution in [3.8, 4) is 0 Å². The molecule has 1 N–H and O–H groups in total. The minimum atomic E-state index is -0.0833. The van der Waals surface area contributed by atoms with Crippen LogP contribution >= 0.6 is 0 Å². The molecule has 2 nitrogen and oxygen atoms in total. The third kappa shape index (κ3) is 3.41. The molecule has 4 aliphatic rings. The van der Waals surface area contributed by atoms with Gasteiger partial charge in [0.05, 0.1) is 6.10 Å². The van der Waals surface area contributed by atoms with E-state index in [0.717, 1.165) is 42.6 Å². The molecule has 28 heavy (non-hydrogen) atoms. The van der Waals surface area contributed by atoms with Gasteiger partial charge in [-0.25, -0.2) is 0 Å². The Balaban J connectivity index is 1.49. The Labute approximate surface area is 174 Å². The fourth-order valence-electron chi connectivity index (χ4n) is 8.24. The van der Waals surface area contributed by atoms with Gasteiger partial charge < -0.3 is 10.0 Å². The molecule has 4 rings (SSSR count). The van der Waals surface area contributed by atoms with E-state index >= 15 is 0 Å².